The molecule has 1 amide bonds. The van der Waals surface area contributed by atoms with E-state index in [1.54, 1.807) is 12.1 Å². The number of carbonyl (C=O) groups is 1. The van der Waals surface area contributed by atoms with Crippen LogP contribution in [0.2, 0.25) is 5.02 Å². The number of carbonyl (C=O) groups excluding carboxylic acids is 1. The van der Waals surface area contributed by atoms with Gasteiger partial charge in [0.2, 0.25) is 5.91 Å². The molecule has 2 N–H and O–H groups in total. The van der Waals surface area contributed by atoms with Crippen LogP contribution in [0.25, 0.3) is 0 Å². The van der Waals surface area contributed by atoms with Crippen molar-refractivity contribution in [3.8, 4) is 5.75 Å². The Morgan fingerprint density at radius 3 is 2.45 bits per heavy atom. The summed E-state index contributed by atoms with van der Waals surface area (Å²) in [5, 5.41) is 35.4. The zero-order chi connectivity index (χ0) is 23.1. The number of hydrogen-bond acceptors (Lipinski definition) is 9. The van der Waals surface area contributed by atoms with Crippen molar-refractivity contribution in [2.75, 3.05) is 24.3 Å². The lowest BCUT2D eigenvalue weighted by molar-refractivity contribution is -0.393. The molecule has 0 spiro atoms. The van der Waals surface area contributed by atoms with Gasteiger partial charge in [-0.15, -0.1) is 16.8 Å². The third-order valence-corrected chi connectivity index (χ3v) is 4.05. The highest BCUT2D eigenvalue weighted by Crippen LogP contribution is 2.42. The summed E-state index contributed by atoms with van der Waals surface area (Å²) in [6, 6.07) is 4.66. The summed E-state index contributed by atoms with van der Waals surface area (Å²) in [4.78, 5) is 32.2. The summed E-state index contributed by atoms with van der Waals surface area (Å²) in [5.41, 5.74) is -0.748. The molecule has 12 nitrogen and oxygen atoms in total. The number of nitrogens with one attached hydrogen (secondary N) is 2. The standard InChI is InChI=1S/C18H17ClN6O6/c1-4-5-20-15-8-13(21-10(2)26)14(9-17(15)31-3)22-23-18-12(19)6-11(24(27)28)7-16(18)25(29)30/h4,6-9,20H,1,5H2,2-3H3,(H,21,26). The predicted octanol–water partition coefficient (Wildman–Crippen LogP) is 5.14. The molecule has 0 unspecified atom stereocenters. The first-order valence-electron chi connectivity index (χ1n) is 8.56. The van der Waals surface area contributed by atoms with Crippen LogP contribution in [0.5, 0.6) is 5.75 Å². The smallest absolute Gasteiger partial charge is 0.305 e. The molecule has 2 aromatic rings. The van der Waals surface area contributed by atoms with Gasteiger partial charge in [-0.05, 0) is 6.07 Å². The number of methoxy groups -OCH3 is 1. The van der Waals surface area contributed by atoms with Crippen LogP contribution in [0.15, 0.2) is 47.1 Å². The number of non-ortho nitro benzene ring substituents is 1. The topological polar surface area (TPSA) is 161 Å². The maximum atomic E-state index is 11.6. The van der Waals surface area contributed by atoms with Gasteiger partial charge in [0.05, 0.1) is 39.4 Å². The van der Waals surface area contributed by atoms with Gasteiger partial charge in [-0.25, -0.2) is 0 Å². The average Bonchev–Trinajstić information content (AvgIpc) is 2.70. The van der Waals surface area contributed by atoms with Crippen molar-refractivity contribution in [1.82, 2.24) is 0 Å². The van der Waals surface area contributed by atoms with Crippen LogP contribution in [-0.4, -0.2) is 29.4 Å². The van der Waals surface area contributed by atoms with Gasteiger partial charge in [0.1, 0.15) is 11.4 Å². The Balaban J connectivity index is 2.61. The van der Waals surface area contributed by atoms with Gasteiger partial charge in [-0.3, -0.25) is 25.0 Å². The number of amides is 1. The van der Waals surface area contributed by atoms with E-state index in [2.05, 4.69) is 27.4 Å². The van der Waals surface area contributed by atoms with E-state index in [-0.39, 0.29) is 22.1 Å². The molecule has 162 valence electrons. The van der Waals surface area contributed by atoms with Crippen LogP contribution in [0, 0.1) is 20.2 Å². The fourth-order valence-electron chi connectivity index (χ4n) is 2.45. The van der Waals surface area contributed by atoms with E-state index in [4.69, 9.17) is 16.3 Å². The van der Waals surface area contributed by atoms with Crippen molar-refractivity contribution in [1.29, 1.82) is 0 Å². The number of azo groups is 1. The van der Waals surface area contributed by atoms with Crippen molar-refractivity contribution in [2.45, 2.75) is 6.92 Å². The molecule has 0 fully saturated rings. The Labute approximate surface area is 180 Å². The van der Waals surface area contributed by atoms with E-state index < -0.39 is 27.1 Å². The van der Waals surface area contributed by atoms with Crippen molar-refractivity contribution in [3.63, 3.8) is 0 Å². The van der Waals surface area contributed by atoms with Gasteiger partial charge in [0, 0.05) is 25.6 Å². The maximum Gasteiger partial charge on any atom is 0.305 e. The molecule has 13 heteroatoms. The van der Waals surface area contributed by atoms with Crippen LogP contribution >= 0.6 is 11.6 Å². The lowest BCUT2D eigenvalue weighted by Crippen LogP contribution is -2.07. The number of anilines is 2. The molecular formula is C18H17ClN6O6. The number of hydrogen-bond donors (Lipinski definition) is 2. The van der Waals surface area contributed by atoms with Crippen molar-refractivity contribution in [2.24, 2.45) is 10.2 Å². The minimum absolute atomic E-state index is 0.111. The second-order valence-electron chi connectivity index (χ2n) is 5.93. The summed E-state index contributed by atoms with van der Waals surface area (Å²) in [6.07, 6.45) is 1.63. The highest BCUT2D eigenvalue weighted by molar-refractivity contribution is 6.33. The van der Waals surface area contributed by atoms with Gasteiger partial charge >= 0.3 is 5.69 Å². The lowest BCUT2D eigenvalue weighted by Gasteiger charge is -2.14. The molecule has 2 aromatic carbocycles. The highest BCUT2D eigenvalue weighted by atomic mass is 35.5. The second-order valence-corrected chi connectivity index (χ2v) is 6.34. The van der Waals surface area contributed by atoms with Gasteiger partial charge < -0.3 is 15.4 Å². The minimum atomic E-state index is -0.856. The monoisotopic (exact) mass is 448 g/mol. The van der Waals surface area contributed by atoms with E-state index >= 15 is 0 Å². The normalized spacial score (nSPS) is 10.5. The summed E-state index contributed by atoms with van der Waals surface area (Å²) < 4.78 is 5.30. The fourth-order valence-corrected chi connectivity index (χ4v) is 2.70. The summed E-state index contributed by atoms with van der Waals surface area (Å²) in [7, 11) is 1.42. The Bertz CT molecular complexity index is 1090. The fraction of sp³-hybridized carbons (Fsp3) is 0.167. The Hall–Kier alpha value is -4.06. The molecule has 31 heavy (non-hydrogen) atoms. The number of nitrogens with zero attached hydrogens (tertiary/aromatic N) is 4. The number of benzene rings is 2. The molecule has 0 radical (unpaired) electrons. The highest BCUT2D eigenvalue weighted by Gasteiger charge is 2.24. The molecular weight excluding hydrogens is 432 g/mol. The van der Waals surface area contributed by atoms with Crippen LogP contribution in [0.4, 0.5) is 34.1 Å². The van der Waals surface area contributed by atoms with E-state index in [9.17, 15) is 25.0 Å². The first kappa shape index (κ1) is 23.2. The molecule has 0 aromatic heterocycles. The first-order valence-corrected chi connectivity index (χ1v) is 8.94. The number of nitro groups is 2. The third kappa shape index (κ3) is 5.73. The van der Waals surface area contributed by atoms with E-state index in [0.717, 1.165) is 12.1 Å². The van der Waals surface area contributed by atoms with Crippen molar-refractivity contribution in [3.05, 3.63) is 62.2 Å². The summed E-state index contributed by atoms with van der Waals surface area (Å²) in [6.45, 7) is 5.32. The molecule has 0 aliphatic carbocycles. The zero-order valence-corrected chi connectivity index (χ0v) is 17.2. The van der Waals surface area contributed by atoms with Crippen LogP contribution in [0.1, 0.15) is 6.92 Å². The molecule has 0 saturated carbocycles. The zero-order valence-electron chi connectivity index (χ0n) is 16.4. The van der Waals surface area contributed by atoms with Crippen LogP contribution < -0.4 is 15.4 Å². The van der Waals surface area contributed by atoms with Crippen molar-refractivity contribution < 1.29 is 19.4 Å². The Kier molecular flexibility index (Phi) is 7.58. The lowest BCUT2D eigenvalue weighted by atomic mass is 10.2. The molecule has 0 saturated heterocycles. The SMILES string of the molecule is C=CCNc1cc(NC(C)=O)c(N=Nc2c(Cl)cc([N+](=O)[O-])cc2[N+](=O)[O-])cc1OC. The minimum Gasteiger partial charge on any atom is -0.495 e. The average molecular weight is 449 g/mol. The quantitative estimate of drug-likeness (QED) is 0.232. The number of halogens is 1. The third-order valence-electron chi connectivity index (χ3n) is 3.76. The molecule has 0 bridgehead atoms. The van der Waals surface area contributed by atoms with Gasteiger partial charge in [-0.1, -0.05) is 17.7 Å². The molecule has 2 rings (SSSR count). The molecule has 0 heterocycles. The predicted molar refractivity (Wildman–Crippen MR) is 115 cm³/mol. The van der Waals surface area contributed by atoms with Gasteiger partial charge in [0.25, 0.3) is 5.69 Å². The maximum absolute atomic E-state index is 11.6. The number of ether oxygens (including phenoxy) is 1. The Morgan fingerprint density at radius 1 is 1.19 bits per heavy atom. The molecule has 0 atom stereocenters. The first-order chi connectivity index (χ1) is 14.7. The van der Waals surface area contributed by atoms with Gasteiger partial charge in [-0.2, -0.15) is 0 Å². The second kappa shape index (κ2) is 10.1. The molecule has 0 aliphatic rings. The van der Waals surface area contributed by atoms with E-state index in [1.165, 1.54) is 20.1 Å². The Morgan fingerprint density at radius 2 is 1.90 bits per heavy atom. The molecule has 0 aliphatic heterocycles. The van der Waals surface area contributed by atoms with E-state index in [1.807, 2.05) is 0 Å². The number of rotatable bonds is 9. The number of nitro benzene ring substituents is 2. The largest absolute Gasteiger partial charge is 0.495 e. The summed E-state index contributed by atoms with van der Waals surface area (Å²) >= 11 is 5.98. The van der Waals surface area contributed by atoms with Crippen LogP contribution in [-0.2, 0) is 4.79 Å². The van der Waals surface area contributed by atoms with Crippen molar-refractivity contribution >= 4 is 51.6 Å². The summed E-state index contributed by atoms with van der Waals surface area (Å²) in [5.74, 6) is -0.0372. The van der Waals surface area contributed by atoms with Gasteiger partial charge in [0.15, 0.2) is 5.69 Å². The van der Waals surface area contributed by atoms with Crippen LogP contribution in [0.3, 0.4) is 0 Å². The van der Waals surface area contributed by atoms with E-state index in [0.29, 0.717) is 18.0 Å².